The van der Waals surface area contributed by atoms with Crippen LogP contribution in [0.15, 0.2) is 59.7 Å². The molecule has 0 radical (unpaired) electrons. The van der Waals surface area contributed by atoms with E-state index in [2.05, 4.69) is 22.7 Å². The topological polar surface area (TPSA) is 67.5 Å². The molecule has 5 nitrogen and oxygen atoms in total. The van der Waals surface area contributed by atoms with Gasteiger partial charge in [-0.15, -0.1) is 0 Å². The zero-order valence-electron chi connectivity index (χ0n) is 11.4. The summed E-state index contributed by atoms with van der Waals surface area (Å²) in [5, 5.41) is 15.1. The molecule has 5 heteroatoms. The summed E-state index contributed by atoms with van der Waals surface area (Å²) in [6, 6.07) is 16.3. The Hall–Kier alpha value is -2.69. The Bertz CT molecular complexity index is 662. The lowest BCUT2D eigenvalue weighted by Crippen LogP contribution is -2.06. The Balaban J connectivity index is 1.78. The number of hydrazone groups is 1. The predicted molar refractivity (Wildman–Crippen MR) is 82.4 cm³/mol. The van der Waals surface area contributed by atoms with Crippen molar-refractivity contribution in [3.8, 4) is 0 Å². The molecule has 1 aliphatic rings. The number of non-ortho nitro benzene ring substituents is 1. The fourth-order valence-electron chi connectivity index (χ4n) is 2.14. The van der Waals surface area contributed by atoms with Gasteiger partial charge in [0, 0.05) is 18.1 Å². The number of nitro groups is 1. The van der Waals surface area contributed by atoms with Crippen LogP contribution in [0.4, 0.5) is 11.4 Å². The van der Waals surface area contributed by atoms with Gasteiger partial charge in [-0.3, -0.25) is 15.5 Å². The van der Waals surface area contributed by atoms with Gasteiger partial charge < -0.3 is 0 Å². The summed E-state index contributed by atoms with van der Waals surface area (Å²) in [5.41, 5.74) is 5.99. The third-order valence-electron chi connectivity index (χ3n) is 3.42. The normalized spacial score (nSPS) is 14.8. The molecule has 2 aromatic rings. The zero-order valence-corrected chi connectivity index (χ0v) is 11.4. The molecule has 1 fully saturated rings. The van der Waals surface area contributed by atoms with Gasteiger partial charge in [-0.2, -0.15) is 5.10 Å². The molecule has 0 bridgehead atoms. The maximum absolute atomic E-state index is 10.6. The summed E-state index contributed by atoms with van der Waals surface area (Å²) in [7, 11) is 0. The highest BCUT2D eigenvalue weighted by Crippen LogP contribution is 2.33. The first kappa shape index (κ1) is 13.3. The molecule has 3 rings (SSSR count). The molecule has 0 heterocycles. The smallest absolute Gasteiger partial charge is 0.269 e. The Kier molecular flexibility index (Phi) is 3.64. The molecule has 1 N–H and O–H groups in total. The number of nitrogens with zero attached hydrogens (tertiary/aromatic N) is 2. The molecule has 21 heavy (non-hydrogen) atoms. The molecule has 1 aliphatic carbocycles. The minimum atomic E-state index is -0.410. The highest BCUT2D eigenvalue weighted by atomic mass is 16.6. The highest BCUT2D eigenvalue weighted by Gasteiger charge is 2.28. The first-order valence-corrected chi connectivity index (χ1v) is 6.87. The molecule has 0 unspecified atom stereocenters. The van der Waals surface area contributed by atoms with E-state index in [4.69, 9.17) is 0 Å². The number of anilines is 1. The average Bonchev–Trinajstić information content (AvgIpc) is 3.34. The quantitative estimate of drug-likeness (QED) is 0.514. The molecule has 0 spiro atoms. The Labute approximate surface area is 122 Å². The van der Waals surface area contributed by atoms with Gasteiger partial charge in [0.05, 0.1) is 16.3 Å². The summed E-state index contributed by atoms with van der Waals surface area (Å²) in [6.07, 6.45) is 2.32. The largest absolute Gasteiger partial charge is 0.278 e. The number of rotatable bonds is 5. The van der Waals surface area contributed by atoms with Crippen molar-refractivity contribution < 1.29 is 4.92 Å². The monoisotopic (exact) mass is 281 g/mol. The van der Waals surface area contributed by atoms with Gasteiger partial charge in [-0.1, -0.05) is 30.3 Å². The molecule has 2 aromatic carbocycles. The maximum Gasteiger partial charge on any atom is 0.269 e. The van der Waals surface area contributed by atoms with Crippen molar-refractivity contribution in [2.75, 3.05) is 5.43 Å². The lowest BCUT2D eigenvalue weighted by atomic mass is 10.1. The van der Waals surface area contributed by atoms with Gasteiger partial charge in [-0.25, -0.2) is 0 Å². The standard InChI is InChI=1S/C16H15N3O2/c20-19(21)15-10-8-14(9-11-15)17-18-16(13-6-7-13)12-4-2-1-3-5-12/h1-5,8-11,13,17H,6-7H2/b18-16+. The molecule has 0 saturated heterocycles. The second-order valence-corrected chi connectivity index (χ2v) is 5.05. The summed E-state index contributed by atoms with van der Waals surface area (Å²) >= 11 is 0. The van der Waals surface area contributed by atoms with Crippen molar-refractivity contribution in [1.82, 2.24) is 0 Å². The van der Waals surface area contributed by atoms with Crippen LogP contribution in [0, 0.1) is 16.0 Å². The van der Waals surface area contributed by atoms with E-state index >= 15 is 0 Å². The van der Waals surface area contributed by atoms with E-state index in [1.54, 1.807) is 12.1 Å². The van der Waals surface area contributed by atoms with Crippen molar-refractivity contribution >= 4 is 17.1 Å². The van der Waals surface area contributed by atoms with Crippen LogP contribution in [0.3, 0.4) is 0 Å². The Morgan fingerprint density at radius 2 is 1.76 bits per heavy atom. The minimum Gasteiger partial charge on any atom is -0.278 e. The van der Waals surface area contributed by atoms with Crippen molar-refractivity contribution in [1.29, 1.82) is 0 Å². The second kappa shape index (κ2) is 5.75. The highest BCUT2D eigenvalue weighted by molar-refractivity contribution is 6.03. The number of benzene rings is 2. The van der Waals surface area contributed by atoms with Crippen LogP contribution in [-0.4, -0.2) is 10.6 Å². The number of hydrogen-bond donors (Lipinski definition) is 1. The van der Waals surface area contributed by atoms with Crippen LogP contribution >= 0.6 is 0 Å². The van der Waals surface area contributed by atoms with Gasteiger partial charge in [0.15, 0.2) is 0 Å². The van der Waals surface area contributed by atoms with E-state index in [9.17, 15) is 10.1 Å². The lowest BCUT2D eigenvalue weighted by molar-refractivity contribution is -0.384. The SMILES string of the molecule is O=[N+]([O-])c1ccc(N/N=C(\c2ccccc2)C2CC2)cc1. The van der Waals surface area contributed by atoms with Gasteiger partial charge >= 0.3 is 0 Å². The second-order valence-electron chi connectivity index (χ2n) is 5.05. The van der Waals surface area contributed by atoms with E-state index in [1.807, 2.05) is 18.2 Å². The van der Waals surface area contributed by atoms with E-state index in [0.717, 1.165) is 29.8 Å². The van der Waals surface area contributed by atoms with Crippen LogP contribution < -0.4 is 5.43 Å². The van der Waals surface area contributed by atoms with Crippen LogP contribution in [0.5, 0.6) is 0 Å². The van der Waals surface area contributed by atoms with Gasteiger partial charge in [0.25, 0.3) is 5.69 Å². The minimum absolute atomic E-state index is 0.0787. The van der Waals surface area contributed by atoms with Gasteiger partial charge in [0.2, 0.25) is 0 Å². The predicted octanol–water partition coefficient (Wildman–Crippen LogP) is 3.82. The number of nitrogens with one attached hydrogen (secondary N) is 1. The van der Waals surface area contributed by atoms with Gasteiger partial charge in [0.1, 0.15) is 0 Å². The van der Waals surface area contributed by atoms with Crippen molar-refractivity contribution in [3.05, 3.63) is 70.3 Å². The van der Waals surface area contributed by atoms with Crippen molar-refractivity contribution in [3.63, 3.8) is 0 Å². The molecule has 0 aliphatic heterocycles. The molecule has 1 saturated carbocycles. The fraction of sp³-hybridized carbons (Fsp3) is 0.188. The molecule has 0 atom stereocenters. The summed E-state index contributed by atoms with van der Waals surface area (Å²) in [6.45, 7) is 0. The lowest BCUT2D eigenvalue weighted by Gasteiger charge is -2.06. The molecule has 0 aromatic heterocycles. The fourth-order valence-corrected chi connectivity index (χ4v) is 2.14. The average molecular weight is 281 g/mol. The summed E-state index contributed by atoms with van der Waals surface area (Å²) in [5.74, 6) is 0.512. The van der Waals surface area contributed by atoms with Gasteiger partial charge in [-0.05, 0) is 30.5 Å². The van der Waals surface area contributed by atoms with Crippen molar-refractivity contribution in [2.45, 2.75) is 12.8 Å². The zero-order chi connectivity index (χ0) is 14.7. The molecular weight excluding hydrogens is 266 g/mol. The van der Waals surface area contributed by atoms with E-state index in [1.165, 1.54) is 12.1 Å². The Morgan fingerprint density at radius 3 is 2.33 bits per heavy atom. The third kappa shape index (κ3) is 3.25. The first-order valence-electron chi connectivity index (χ1n) is 6.87. The molecule has 106 valence electrons. The van der Waals surface area contributed by atoms with E-state index in [0.29, 0.717) is 5.92 Å². The number of hydrogen-bond acceptors (Lipinski definition) is 4. The van der Waals surface area contributed by atoms with Crippen LogP contribution in [0.2, 0.25) is 0 Å². The molecular formula is C16H15N3O2. The number of nitro benzene ring substituents is 1. The van der Waals surface area contributed by atoms with Crippen LogP contribution in [-0.2, 0) is 0 Å². The first-order chi connectivity index (χ1) is 10.2. The Morgan fingerprint density at radius 1 is 1.10 bits per heavy atom. The van der Waals surface area contributed by atoms with Crippen LogP contribution in [0.1, 0.15) is 18.4 Å². The third-order valence-corrected chi connectivity index (χ3v) is 3.42. The van der Waals surface area contributed by atoms with E-state index in [-0.39, 0.29) is 5.69 Å². The summed E-state index contributed by atoms with van der Waals surface area (Å²) < 4.78 is 0. The van der Waals surface area contributed by atoms with E-state index < -0.39 is 4.92 Å². The summed E-state index contributed by atoms with van der Waals surface area (Å²) in [4.78, 5) is 10.2. The maximum atomic E-state index is 10.6. The molecule has 0 amide bonds. The van der Waals surface area contributed by atoms with Crippen molar-refractivity contribution in [2.24, 2.45) is 11.0 Å². The van der Waals surface area contributed by atoms with Crippen LogP contribution in [0.25, 0.3) is 0 Å².